The van der Waals surface area contributed by atoms with Gasteiger partial charge in [0.15, 0.2) is 0 Å². The summed E-state index contributed by atoms with van der Waals surface area (Å²) in [6.45, 7) is 0. The number of rotatable bonds is 4. The van der Waals surface area contributed by atoms with E-state index in [1.165, 1.54) is 19.3 Å². The maximum Gasteiger partial charge on any atom is 0.220 e. The van der Waals surface area contributed by atoms with Crippen molar-refractivity contribution in [3.8, 4) is 0 Å². The lowest BCUT2D eigenvalue weighted by Gasteiger charge is -2.22. The van der Waals surface area contributed by atoms with Gasteiger partial charge in [-0.2, -0.15) is 0 Å². The molecule has 1 amide bonds. The molecule has 1 saturated carbocycles. The fraction of sp³-hybridized carbons (Fsp3) is 0.533. The van der Waals surface area contributed by atoms with Crippen LogP contribution in [0.15, 0.2) is 24.3 Å². The van der Waals surface area contributed by atoms with Gasteiger partial charge in [0.1, 0.15) is 0 Å². The molecule has 1 aromatic carbocycles. The maximum atomic E-state index is 11.8. The molecule has 1 aliphatic carbocycles. The Morgan fingerprint density at radius 3 is 2.58 bits per heavy atom. The first kappa shape index (κ1) is 15.8. The molecule has 106 valence electrons. The number of nitrogens with one attached hydrogen (secondary N) is 1. The van der Waals surface area contributed by atoms with E-state index in [1.54, 1.807) is 0 Å². The number of amides is 1. The molecule has 0 aromatic heterocycles. The highest BCUT2D eigenvalue weighted by Gasteiger charge is 2.15. The number of aryl methyl sites for hydroxylation is 1. The van der Waals surface area contributed by atoms with Crippen LogP contribution >= 0.6 is 12.4 Å². The van der Waals surface area contributed by atoms with E-state index in [0.717, 1.165) is 30.5 Å². The summed E-state index contributed by atoms with van der Waals surface area (Å²) in [5.41, 5.74) is 7.71. The molecule has 0 bridgehead atoms. The Hall–Kier alpha value is -1.22. The van der Waals surface area contributed by atoms with Crippen LogP contribution in [0.4, 0.5) is 5.69 Å². The number of benzene rings is 1. The van der Waals surface area contributed by atoms with Gasteiger partial charge < -0.3 is 11.1 Å². The highest BCUT2D eigenvalue weighted by molar-refractivity contribution is 5.85. The summed E-state index contributed by atoms with van der Waals surface area (Å²) in [5.74, 6) is 0.158. The molecule has 19 heavy (non-hydrogen) atoms. The van der Waals surface area contributed by atoms with Gasteiger partial charge in [-0.25, -0.2) is 0 Å². The normalized spacial score (nSPS) is 15.6. The van der Waals surface area contributed by atoms with E-state index in [4.69, 9.17) is 5.73 Å². The van der Waals surface area contributed by atoms with Crippen LogP contribution in [0.5, 0.6) is 0 Å². The van der Waals surface area contributed by atoms with Gasteiger partial charge in [-0.05, 0) is 30.9 Å². The summed E-state index contributed by atoms with van der Waals surface area (Å²) >= 11 is 0. The van der Waals surface area contributed by atoms with E-state index in [9.17, 15) is 4.79 Å². The molecule has 4 heteroatoms. The van der Waals surface area contributed by atoms with Crippen molar-refractivity contribution < 1.29 is 4.79 Å². The van der Waals surface area contributed by atoms with Gasteiger partial charge in [0.05, 0.1) is 0 Å². The molecule has 0 unspecified atom stereocenters. The van der Waals surface area contributed by atoms with Crippen molar-refractivity contribution in [3.05, 3.63) is 29.8 Å². The first-order chi connectivity index (χ1) is 8.75. The maximum absolute atomic E-state index is 11.8. The zero-order valence-corrected chi connectivity index (χ0v) is 12.0. The van der Waals surface area contributed by atoms with E-state index in [1.807, 2.05) is 24.3 Å². The van der Waals surface area contributed by atoms with Crippen LogP contribution in [0, 0.1) is 0 Å². The van der Waals surface area contributed by atoms with Gasteiger partial charge in [0.25, 0.3) is 0 Å². The number of anilines is 1. The molecule has 0 radical (unpaired) electrons. The Morgan fingerprint density at radius 1 is 1.21 bits per heavy atom. The van der Waals surface area contributed by atoms with E-state index in [2.05, 4.69) is 5.32 Å². The van der Waals surface area contributed by atoms with Crippen molar-refractivity contribution in [3.63, 3.8) is 0 Å². The van der Waals surface area contributed by atoms with Crippen molar-refractivity contribution in [1.82, 2.24) is 5.32 Å². The molecule has 0 heterocycles. The Morgan fingerprint density at radius 2 is 1.89 bits per heavy atom. The Bertz CT molecular complexity index is 403. The molecule has 1 fully saturated rings. The molecule has 2 rings (SSSR count). The second-order valence-corrected chi connectivity index (χ2v) is 5.10. The molecule has 1 aliphatic rings. The van der Waals surface area contributed by atoms with E-state index >= 15 is 0 Å². The van der Waals surface area contributed by atoms with Crippen LogP contribution in [0.1, 0.15) is 44.1 Å². The SMILES string of the molecule is Cl.Nc1ccccc1CCC(=O)NC1CCCCC1. The van der Waals surface area contributed by atoms with Crippen molar-refractivity contribution in [2.75, 3.05) is 5.73 Å². The number of nitrogens with two attached hydrogens (primary N) is 1. The standard InChI is InChI=1S/C15H22N2O.ClH/c16-14-9-5-4-6-12(14)10-11-15(18)17-13-7-2-1-3-8-13;/h4-6,9,13H,1-3,7-8,10-11,16H2,(H,17,18);1H. The van der Waals surface area contributed by atoms with Crippen LogP contribution in [-0.4, -0.2) is 11.9 Å². The summed E-state index contributed by atoms with van der Waals surface area (Å²) in [5, 5.41) is 3.13. The second kappa shape index (κ2) is 8.05. The number of hydrogen-bond donors (Lipinski definition) is 2. The average molecular weight is 283 g/mol. The van der Waals surface area contributed by atoms with Crippen molar-refractivity contribution in [2.45, 2.75) is 51.0 Å². The largest absolute Gasteiger partial charge is 0.399 e. The third kappa shape index (κ3) is 5.11. The summed E-state index contributed by atoms with van der Waals surface area (Å²) in [6, 6.07) is 8.16. The molecule has 0 spiro atoms. The zero-order valence-electron chi connectivity index (χ0n) is 11.2. The third-order valence-corrected chi connectivity index (χ3v) is 3.65. The molecule has 0 atom stereocenters. The number of halogens is 1. The van der Waals surface area contributed by atoms with E-state index in [0.29, 0.717) is 12.5 Å². The van der Waals surface area contributed by atoms with Gasteiger partial charge in [-0.1, -0.05) is 37.5 Å². The smallest absolute Gasteiger partial charge is 0.220 e. The lowest BCUT2D eigenvalue weighted by Crippen LogP contribution is -2.36. The predicted octanol–water partition coefficient (Wildman–Crippen LogP) is 3.07. The molecule has 0 saturated heterocycles. The highest BCUT2D eigenvalue weighted by Crippen LogP contribution is 2.18. The third-order valence-electron chi connectivity index (χ3n) is 3.65. The van der Waals surface area contributed by atoms with Crippen molar-refractivity contribution in [2.24, 2.45) is 0 Å². The number of para-hydroxylation sites is 1. The van der Waals surface area contributed by atoms with Crippen LogP contribution in [0.25, 0.3) is 0 Å². The van der Waals surface area contributed by atoms with Crippen LogP contribution < -0.4 is 11.1 Å². The summed E-state index contributed by atoms with van der Waals surface area (Å²) in [6.07, 6.45) is 7.34. The van der Waals surface area contributed by atoms with Gasteiger partial charge >= 0.3 is 0 Å². The molecular weight excluding hydrogens is 260 g/mol. The molecular formula is C15H23ClN2O. The predicted molar refractivity (Wildman–Crippen MR) is 81.4 cm³/mol. The fourth-order valence-electron chi connectivity index (χ4n) is 2.56. The minimum Gasteiger partial charge on any atom is -0.399 e. The van der Waals surface area contributed by atoms with Crippen molar-refractivity contribution in [1.29, 1.82) is 0 Å². The monoisotopic (exact) mass is 282 g/mol. The van der Waals surface area contributed by atoms with E-state index in [-0.39, 0.29) is 18.3 Å². The quantitative estimate of drug-likeness (QED) is 0.834. The lowest BCUT2D eigenvalue weighted by atomic mass is 9.95. The highest BCUT2D eigenvalue weighted by atomic mass is 35.5. The van der Waals surface area contributed by atoms with Crippen LogP contribution in [0.2, 0.25) is 0 Å². The average Bonchev–Trinajstić information content (AvgIpc) is 2.39. The number of hydrogen-bond acceptors (Lipinski definition) is 2. The zero-order chi connectivity index (χ0) is 12.8. The Kier molecular flexibility index (Phi) is 6.71. The van der Waals surface area contributed by atoms with Gasteiger partial charge in [-0.15, -0.1) is 12.4 Å². The van der Waals surface area contributed by atoms with Gasteiger partial charge in [0.2, 0.25) is 5.91 Å². The topological polar surface area (TPSA) is 55.1 Å². The molecule has 1 aromatic rings. The minimum atomic E-state index is 0. The van der Waals surface area contributed by atoms with Crippen LogP contribution in [0.3, 0.4) is 0 Å². The Labute approximate surface area is 121 Å². The Balaban J connectivity index is 0.00000180. The molecule has 3 nitrogen and oxygen atoms in total. The minimum absolute atomic E-state index is 0. The van der Waals surface area contributed by atoms with Crippen molar-refractivity contribution >= 4 is 24.0 Å². The second-order valence-electron chi connectivity index (χ2n) is 5.10. The van der Waals surface area contributed by atoms with Gasteiger partial charge in [0, 0.05) is 18.2 Å². The molecule has 0 aliphatic heterocycles. The first-order valence-electron chi connectivity index (χ1n) is 6.88. The fourth-order valence-corrected chi connectivity index (χ4v) is 2.56. The van der Waals surface area contributed by atoms with Gasteiger partial charge in [-0.3, -0.25) is 4.79 Å². The van der Waals surface area contributed by atoms with Crippen LogP contribution in [-0.2, 0) is 11.2 Å². The summed E-state index contributed by atoms with van der Waals surface area (Å²) in [4.78, 5) is 11.8. The summed E-state index contributed by atoms with van der Waals surface area (Å²) in [7, 11) is 0. The number of carbonyl (C=O) groups is 1. The number of nitrogen functional groups attached to an aromatic ring is 1. The first-order valence-corrected chi connectivity index (χ1v) is 6.88. The summed E-state index contributed by atoms with van der Waals surface area (Å²) < 4.78 is 0. The lowest BCUT2D eigenvalue weighted by molar-refractivity contribution is -0.121. The van der Waals surface area contributed by atoms with E-state index < -0.39 is 0 Å². The molecule has 3 N–H and O–H groups in total. The number of carbonyl (C=O) groups excluding carboxylic acids is 1.